The van der Waals surface area contributed by atoms with Crippen molar-refractivity contribution in [3.8, 4) is 11.5 Å². The van der Waals surface area contributed by atoms with Crippen LogP contribution in [0.5, 0.6) is 11.5 Å². The van der Waals surface area contributed by atoms with Gasteiger partial charge in [0.05, 0.1) is 34.7 Å². The Bertz CT molecular complexity index is 1670. The Morgan fingerprint density at radius 1 is 0.932 bits per heavy atom. The molecular formula is C32H39N3O7S2. The molecule has 10 nitrogen and oxygen atoms in total. The number of fused-ring (bicyclic) bond motifs is 1. The number of carbonyl (C=O) groups is 1. The highest BCUT2D eigenvalue weighted by Gasteiger charge is 2.50. The maximum atomic E-state index is 13.4. The zero-order chi connectivity index (χ0) is 31.5. The highest BCUT2D eigenvalue weighted by molar-refractivity contribution is 7.90. The molecule has 3 aromatic carbocycles. The normalized spacial score (nSPS) is 21.0. The lowest BCUT2D eigenvalue weighted by atomic mass is 9.86. The van der Waals surface area contributed by atoms with Gasteiger partial charge in [0.15, 0.2) is 5.75 Å². The van der Waals surface area contributed by atoms with E-state index in [-0.39, 0.29) is 22.1 Å². The molecule has 1 N–H and O–H groups in total. The number of sulfonamides is 2. The van der Waals surface area contributed by atoms with Crippen molar-refractivity contribution in [1.29, 1.82) is 0 Å². The van der Waals surface area contributed by atoms with Crippen LogP contribution in [0.4, 0.5) is 5.69 Å². The van der Waals surface area contributed by atoms with Crippen LogP contribution in [0.3, 0.4) is 0 Å². The van der Waals surface area contributed by atoms with E-state index in [9.17, 15) is 21.6 Å². The zero-order valence-corrected chi connectivity index (χ0v) is 26.8. The van der Waals surface area contributed by atoms with Gasteiger partial charge in [-0.05, 0) is 66.9 Å². The van der Waals surface area contributed by atoms with Crippen molar-refractivity contribution in [3.63, 3.8) is 0 Å². The second-order valence-corrected chi connectivity index (χ2v) is 14.9. The van der Waals surface area contributed by atoms with Gasteiger partial charge < -0.3 is 14.4 Å². The molecule has 5 rings (SSSR count). The number of anilines is 1. The maximum absolute atomic E-state index is 13.4. The predicted molar refractivity (Wildman–Crippen MR) is 169 cm³/mol. The molecule has 0 bridgehead atoms. The van der Waals surface area contributed by atoms with E-state index in [0.29, 0.717) is 37.5 Å². The first-order chi connectivity index (χ1) is 21.1. The van der Waals surface area contributed by atoms with Gasteiger partial charge in [0, 0.05) is 25.6 Å². The van der Waals surface area contributed by atoms with Gasteiger partial charge in [0.2, 0.25) is 20.0 Å². The number of rotatable bonds is 11. The third-order valence-electron chi connectivity index (χ3n) is 8.50. The molecule has 3 atom stereocenters. The first kappa shape index (κ1) is 32.0. The van der Waals surface area contributed by atoms with Crippen LogP contribution in [0.15, 0.2) is 77.7 Å². The molecule has 1 aliphatic heterocycles. The van der Waals surface area contributed by atoms with Gasteiger partial charge in [-0.25, -0.2) is 21.6 Å². The lowest BCUT2D eigenvalue weighted by Gasteiger charge is -2.37. The standard InChI is InChI=1S/C32H39N3O7S2/c1-4-34(5-2)44(39,40)26-20-16-24(17-21-26)32(36)42-29-12-8-7-11-28(29)35(22-23-14-18-25(41-3)19-15-23)31-27-10-6-9-13-30(27)43(37,38)33-31/h7-8,11-12,14-21,27,30-31,33H,4-6,9-10,13,22H2,1-3H3. The number of esters is 1. The fraction of sp³-hybridized carbons (Fsp3) is 0.406. The highest BCUT2D eigenvalue weighted by Crippen LogP contribution is 2.42. The van der Waals surface area contributed by atoms with E-state index >= 15 is 0 Å². The molecule has 236 valence electrons. The summed E-state index contributed by atoms with van der Waals surface area (Å²) < 4.78 is 67.7. The highest BCUT2D eigenvalue weighted by atomic mass is 32.2. The number of methoxy groups -OCH3 is 1. The van der Waals surface area contributed by atoms with Crippen molar-refractivity contribution in [1.82, 2.24) is 9.03 Å². The smallest absolute Gasteiger partial charge is 0.343 e. The van der Waals surface area contributed by atoms with Gasteiger partial charge >= 0.3 is 5.97 Å². The van der Waals surface area contributed by atoms with E-state index < -0.39 is 37.4 Å². The van der Waals surface area contributed by atoms with Gasteiger partial charge in [-0.2, -0.15) is 9.03 Å². The fourth-order valence-electron chi connectivity index (χ4n) is 6.19. The molecule has 2 aliphatic rings. The summed E-state index contributed by atoms with van der Waals surface area (Å²) in [4.78, 5) is 15.4. The first-order valence-electron chi connectivity index (χ1n) is 14.9. The predicted octanol–water partition coefficient (Wildman–Crippen LogP) is 4.77. The largest absolute Gasteiger partial charge is 0.497 e. The van der Waals surface area contributed by atoms with Gasteiger partial charge in [0.1, 0.15) is 5.75 Å². The number of para-hydroxylation sites is 2. The summed E-state index contributed by atoms with van der Waals surface area (Å²) in [6.07, 6.45) is 2.67. The molecule has 0 radical (unpaired) electrons. The van der Waals surface area contributed by atoms with E-state index in [4.69, 9.17) is 9.47 Å². The van der Waals surface area contributed by atoms with Crippen LogP contribution in [0.1, 0.15) is 55.5 Å². The molecule has 0 amide bonds. The maximum Gasteiger partial charge on any atom is 0.343 e. The van der Waals surface area contributed by atoms with Crippen LogP contribution in [-0.2, 0) is 26.6 Å². The average Bonchev–Trinajstić information content (AvgIpc) is 3.31. The van der Waals surface area contributed by atoms with Gasteiger partial charge in [0.25, 0.3) is 0 Å². The molecule has 2 fully saturated rings. The molecule has 3 aromatic rings. The third kappa shape index (κ3) is 6.49. The fourth-order valence-corrected chi connectivity index (χ4v) is 9.68. The van der Waals surface area contributed by atoms with E-state index in [1.165, 1.54) is 28.6 Å². The molecule has 0 spiro atoms. The molecule has 3 unspecified atom stereocenters. The quantitative estimate of drug-likeness (QED) is 0.235. The van der Waals surface area contributed by atoms with Crippen LogP contribution in [0.2, 0.25) is 0 Å². The molecule has 0 aromatic heterocycles. The molecule has 1 aliphatic carbocycles. The van der Waals surface area contributed by atoms with Crippen molar-refractivity contribution < 1.29 is 31.1 Å². The number of ether oxygens (including phenoxy) is 2. The third-order valence-corrected chi connectivity index (χ3v) is 12.5. The number of hydrogen-bond acceptors (Lipinski definition) is 8. The minimum absolute atomic E-state index is 0.0966. The Hall–Kier alpha value is -3.45. The zero-order valence-electron chi connectivity index (χ0n) is 25.2. The van der Waals surface area contributed by atoms with Crippen LogP contribution in [0.25, 0.3) is 0 Å². The second-order valence-electron chi connectivity index (χ2n) is 11.0. The SMILES string of the molecule is CCN(CC)S(=O)(=O)c1ccc(C(=O)Oc2ccccc2N(Cc2ccc(OC)cc2)C2NS(=O)(=O)C3CCCCC23)cc1. The van der Waals surface area contributed by atoms with Crippen LogP contribution >= 0.6 is 0 Å². The molecule has 1 heterocycles. The van der Waals surface area contributed by atoms with Crippen molar-refractivity contribution in [2.24, 2.45) is 5.92 Å². The van der Waals surface area contributed by atoms with E-state index in [2.05, 4.69) is 4.72 Å². The van der Waals surface area contributed by atoms with Crippen molar-refractivity contribution in [3.05, 3.63) is 83.9 Å². The van der Waals surface area contributed by atoms with Crippen molar-refractivity contribution >= 4 is 31.7 Å². The van der Waals surface area contributed by atoms with E-state index in [1.54, 1.807) is 33.1 Å². The minimum Gasteiger partial charge on any atom is -0.497 e. The topological polar surface area (TPSA) is 122 Å². The number of nitrogens with one attached hydrogen (secondary N) is 1. The number of carbonyl (C=O) groups excluding carboxylic acids is 1. The Morgan fingerprint density at radius 3 is 2.25 bits per heavy atom. The summed E-state index contributed by atoms with van der Waals surface area (Å²) in [5.74, 6) is 0.191. The number of nitrogens with zero attached hydrogens (tertiary/aromatic N) is 2. The molecular weight excluding hydrogens is 603 g/mol. The second kappa shape index (κ2) is 13.3. The molecule has 1 saturated carbocycles. The Balaban J connectivity index is 1.46. The lowest BCUT2D eigenvalue weighted by Crippen LogP contribution is -2.46. The van der Waals surface area contributed by atoms with Gasteiger partial charge in [-0.15, -0.1) is 0 Å². The van der Waals surface area contributed by atoms with Crippen LogP contribution < -0.4 is 19.1 Å². The van der Waals surface area contributed by atoms with Gasteiger partial charge in [-0.3, -0.25) is 0 Å². The van der Waals surface area contributed by atoms with E-state index in [0.717, 1.165) is 24.8 Å². The van der Waals surface area contributed by atoms with Crippen molar-refractivity contribution in [2.75, 3.05) is 25.1 Å². The minimum atomic E-state index is -3.67. The number of benzene rings is 3. The summed E-state index contributed by atoms with van der Waals surface area (Å²) in [5.41, 5.74) is 1.68. The Labute approximate surface area is 260 Å². The summed E-state index contributed by atoms with van der Waals surface area (Å²) in [6.45, 7) is 4.57. The summed E-state index contributed by atoms with van der Waals surface area (Å²) in [7, 11) is -5.61. The first-order valence-corrected chi connectivity index (χ1v) is 17.9. The molecule has 1 saturated heterocycles. The summed E-state index contributed by atoms with van der Waals surface area (Å²) in [6, 6.07) is 20.3. The molecule has 12 heteroatoms. The van der Waals surface area contributed by atoms with Crippen molar-refractivity contribution in [2.45, 2.75) is 62.4 Å². The Kier molecular flexibility index (Phi) is 9.64. The summed E-state index contributed by atoms with van der Waals surface area (Å²) in [5, 5.41) is -0.472. The Morgan fingerprint density at radius 2 is 1.59 bits per heavy atom. The summed E-state index contributed by atoms with van der Waals surface area (Å²) >= 11 is 0. The van der Waals surface area contributed by atoms with Crippen LogP contribution in [0, 0.1) is 5.92 Å². The lowest BCUT2D eigenvalue weighted by molar-refractivity contribution is 0.0734. The van der Waals surface area contributed by atoms with Crippen LogP contribution in [-0.4, -0.2) is 58.7 Å². The molecule has 44 heavy (non-hydrogen) atoms. The van der Waals surface area contributed by atoms with Gasteiger partial charge in [-0.1, -0.05) is 51.0 Å². The monoisotopic (exact) mass is 641 g/mol. The van der Waals surface area contributed by atoms with E-state index in [1.807, 2.05) is 41.3 Å². The average molecular weight is 642 g/mol. The number of hydrogen-bond donors (Lipinski definition) is 1.